The summed E-state index contributed by atoms with van der Waals surface area (Å²) in [5.74, 6) is -0.0331. The van der Waals surface area contributed by atoms with Gasteiger partial charge in [-0.2, -0.15) is 13.2 Å². The Hall–Kier alpha value is -1.05. The molecule has 3 N–H and O–H groups in total. The monoisotopic (exact) mass is 212 g/mol. The lowest BCUT2D eigenvalue weighted by atomic mass is 10.4. The van der Waals surface area contributed by atoms with Crippen LogP contribution in [0.5, 0.6) is 0 Å². The highest BCUT2D eigenvalue weighted by atomic mass is 32.1. The van der Waals surface area contributed by atoms with Crippen LogP contribution in [0.2, 0.25) is 0 Å². The Labute approximate surface area is 76.5 Å². The molecular formula is C5H7F3N4S. The van der Waals surface area contributed by atoms with Crippen LogP contribution >= 0.6 is 12.2 Å². The van der Waals surface area contributed by atoms with Gasteiger partial charge in [0, 0.05) is 6.54 Å². The second-order valence-corrected chi connectivity index (χ2v) is 2.79. The highest BCUT2D eigenvalue weighted by Gasteiger charge is 2.27. The van der Waals surface area contributed by atoms with Gasteiger partial charge in [-0.3, -0.25) is 4.57 Å². The Kier molecular flexibility index (Phi) is 2.60. The van der Waals surface area contributed by atoms with Crippen molar-refractivity contribution < 1.29 is 13.2 Å². The average molecular weight is 212 g/mol. The topological polar surface area (TPSA) is 59.6 Å². The van der Waals surface area contributed by atoms with Crippen molar-refractivity contribution in [3.8, 4) is 0 Å². The second kappa shape index (κ2) is 3.36. The number of H-pyrrole nitrogens is 1. The molecule has 4 nitrogen and oxygen atoms in total. The number of nitrogens with zero attached hydrogens (tertiary/aromatic N) is 2. The van der Waals surface area contributed by atoms with Gasteiger partial charge in [-0.1, -0.05) is 0 Å². The van der Waals surface area contributed by atoms with Gasteiger partial charge in [-0.15, -0.1) is 5.10 Å². The Morgan fingerprint density at radius 2 is 2.15 bits per heavy atom. The van der Waals surface area contributed by atoms with Gasteiger partial charge in [0.2, 0.25) is 5.95 Å². The van der Waals surface area contributed by atoms with Gasteiger partial charge >= 0.3 is 6.18 Å². The summed E-state index contributed by atoms with van der Waals surface area (Å²) < 4.78 is 36.6. The maximum atomic E-state index is 11.8. The summed E-state index contributed by atoms with van der Waals surface area (Å²) >= 11 is 4.66. The minimum atomic E-state index is -4.21. The molecule has 0 radical (unpaired) electrons. The van der Waals surface area contributed by atoms with E-state index in [4.69, 9.17) is 5.73 Å². The molecule has 0 unspecified atom stereocenters. The Bertz CT molecular complexity index is 338. The average Bonchev–Trinajstić information content (AvgIpc) is 2.27. The minimum Gasteiger partial charge on any atom is -0.368 e. The van der Waals surface area contributed by atoms with Crippen molar-refractivity contribution >= 4 is 18.2 Å². The zero-order valence-corrected chi connectivity index (χ0v) is 7.24. The zero-order chi connectivity index (χ0) is 10.1. The van der Waals surface area contributed by atoms with Crippen LogP contribution in [0.4, 0.5) is 19.1 Å². The molecular weight excluding hydrogens is 205 g/mol. The van der Waals surface area contributed by atoms with Crippen LogP contribution in [0, 0.1) is 4.77 Å². The number of nitrogens with one attached hydrogen (secondary N) is 1. The van der Waals surface area contributed by atoms with E-state index in [9.17, 15) is 13.2 Å². The van der Waals surface area contributed by atoms with Crippen LogP contribution in [0.3, 0.4) is 0 Å². The smallest absolute Gasteiger partial charge is 0.368 e. The fourth-order valence-corrected chi connectivity index (χ4v) is 1.01. The number of nitrogens with two attached hydrogens (primary N) is 1. The van der Waals surface area contributed by atoms with Gasteiger partial charge in [0.15, 0.2) is 4.77 Å². The highest BCUT2D eigenvalue weighted by molar-refractivity contribution is 7.71. The van der Waals surface area contributed by atoms with Crippen molar-refractivity contribution in [2.24, 2.45) is 0 Å². The van der Waals surface area contributed by atoms with Gasteiger partial charge in [0.1, 0.15) is 0 Å². The summed E-state index contributed by atoms with van der Waals surface area (Å²) in [5, 5.41) is 5.77. The maximum absolute atomic E-state index is 11.8. The van der Waals surface area contributed by atoms with Crippen molar-refractivity contribution in [1.82, 2.24) is 14.8 Å². The van der Waals surface area contributed by atoms with E-state index in [1.54, 1.807) is 0 Å². The van der Waals surface area contributed by atoms with Gasteiger partial charge in [0.05, 0.1) is 6.42 Å². The summed E-state index contributed by atoms with van der Waals surface area (Å²) in [6.45, 7) is -0.301. The summed E-state index contributed by atoms with van der Waals surface area (Å²) in [6, 6.07) is 0. The fourth-order valence-electron chi connectivity index (χ4n) is 0.785. The lowest BCUT2D eigenvalue weighted by Gasteiger charge is -2.06. The number of hydrogen-bond acceptors (Lipinski definition) is 3. The summed E-state index contributed by atoms with van der Waals surface area (Å²) in [7, 11) is 0. The van der Waals surface area contributed by atoms with E-state index in [0.29, 0.717) is 0 Å². The van der Waals surface area contributed by atoms with E-state index in [1.807, 2.05) is 0 Å². The van der Waals surface area contributed by atoms with Crippen LogP contribution in [0.25, 0.3) is 0 Å². The van der Waals surface area contributed by atoms with Crippen molar-refractivity contribution in [3.63, 3.8) is 0 Å². The first-order valence-electron chi connectivity index (χ1n) is 3.37. The van der Waals surface area contributed by atoms with Crippen molar-refractivity contribution in [2.45, 2.75) is 19.1 Å². The Morgan fingerprint density at radius 3 is 2.54 bits per heavy atom. The van der Waals surface area contributed by atoms with Crippen molar-refractivity contribution in [2.75, 3.05) is 5.73 Å². The first-order valence-corrected chi connectivity index (χ1v) is 3.78. The molecule has 1 heterocycles. The molecule has 1 aromatic heterocycles. The molecule has 13 heavy (non-hydrogen) atoms. The lowest BCUT2D eigenvalue weighted by Crippen LogP contribution is -2.13. The number of hydrogen-bond donors (Lipinski definition) is 2. The number of rotatable bonds is 2. The van der Waals surface area contributed by atoms with E-state index in [0.717, 1.165) is 4.57 Å². The largest absolute Gasteiger partial charge is 0.390 e. The zero-order valence-electron chi connectivity index (χ0n) is 6.43. The van der Waals surface area contributed by atoms with E-state index < -0.39 is 12.6 Å². The van der Waals surface area contributed by atoms with E-state index in [-0.39, 0.29) is 17.3 Å². The number of aromatic nitrogens is 3. The summed E-state index contributed by atoms with van der Waals surface area (Å²) in [5.41, 5.74) is 5.26. The summed E-state index contributed by atoms with van der Waals surface area (Å²) in [4.78, 5) is 0. The third-order valence-corrected chi connectivity index (χ3v) is 1.72. The highest BCUT2D eigenvalue weighted by Crippen LogP contribution is 2.20. The predicted molar refractivity (Wildman–Crippen MR) is 42.5 cm³/mol. The predicted octanol–water partition coefficient (Wildman–Crippen LogP) is 1.48. The van der Waals surface area contributed by atoms with Crippen LogP contribution in [0.1, 0.15) is 6.42 Å². The number of alkyl halides is 3. The molecule has 0 aromatic carbocycles. The molecule has 0 bridgehead atoms. The molecule has 0 aliphatic rings. The molecule has 1 rings (SSSR count). The van der Waals surface area contributed by atoms with Crippen LogP contribution in [0.15, 0.2) is 0 Å². The molecule has 0 atom stereocenters. The lowest BCUT2D eigenvalue weighted by molar-refractivity contribution is -0.136. The molecule has 8 heteroatoms. The van der Waals surface area contributed by atoms with Gasteiger partial charge in [-0.25, -0.2) is 5.10 Å². The molecule has 74 valence electrons. The first kappa shape index (κ1) is 10.0. The quantitative estimate of drug-likeness (QED) is 0.730. The van der Waals surface area contributed by atoms with E-state index >= 15 is 0 Å². The Balaban J connectivity index is 2.70. The number of anilines is 1. The van der Waals surface area contributed by atoms with Crippen LogP contribution in [-0.2, 0) is 6.54 Å². The van der Waals surface area contributed by atoms with Crippen molar-refractivity contribution in [3.05, 3.63) is 4.77 Å². The molecule has 0 saturated carbocycles. The molecule has 0 fully saturated rings. The maximum Gasteiger partial charge on any atom is 0.390 e. The van der Waals surface area contributed by atoms with Crippen LogP contribution < -0.4 is 5.73 Å². The minimum absolute atomic E-state index is 0.0331. The number of halogens is 3. The number of nitrogen functional groups attached to an aromatic ring is 1. The first-order chi connectivity index (χ1) is 5.90. The Morgan fingerprint density at radius 1 is 1.54 bits per heavy atom. The number of aromatic amines is 1. The van der Waals surface area contributed by atoms with Gasteiger partial charge in [-0.05, 0) is 12.2 Å². The SMILES string of the molecule is Nc1n[nH]c(=S)n1CCC(F)(F)F. The molecule has 0 aliphatic heterocycles. The van der Waals surface area contributed by atoms with Crippen molar-refractivity contribution in [1.29, 1.82) is 0 Å². The van der Waals surface area contributed by atoms with E-state index in [1.165, 1.54) is 0 Å². The third kappa shape index (κ3) is 2.72. The molecule has 0 aliphatic carbocycles. The normalized spacial score (nSPS) is 11.9. The molecule has 1 aromatic rings. The molecule has 0 spiro atoms. The fraction of sp³-hybridized carbons (Fsp3) is 0.600. The van der Waals surface area contributed by atoms with Gasteiger partial charge in [0.25, 0.3) is 0 Å². The second-order valence-electron chi connectivity index (χ2n) is 2.40. The standard InChI is InChI=1S/C5H7F3N4S/c6-5(7,8)1-2-12-3(9)10-11-4(12)13/h1-2H2,(H2,9,10)(H,11,13). The van der Waals surface area contributed by atoms with E-state index in [2.05, 4.69) is 22.4 Å². The molecule has 0 amide bonds. The molecule has 0 saturated heterocycles. The van der Waals surface area contributed by atoms with Crippen LogP contribution in [-0.4, -0.2) is 20.9 Å². The third-order valence-electron chi connectivity index (χ3n) is 1.41. The van der Waals surface area contributed by atoms with Gasteiger partial charge < -0.3 is 5.73 Å². The summed E-state index contributed by atoms with van der Waals surface area (Å²) in [6.07, 6.45) is -5.18.